The molecule has 1 aliphatic heterocycles. The van der Waals surface area contributed by atoms with Gasteiger partial charge in [-0.15, -0.1) is 0 Å². The fourth-order valence-electron chi connectivity index (χ4n) is 3.27. The average Bonchev–Trinajstić information content (AvgIpc) is 2.79. The lowest BCUT2D eigenvalue weighted by molar-refractivity contribution is -0.160. The maximum absolute atomic E-state index is 12.7. The minimum Gasteiger partial charge on any atom is -0.379 e. The van der Waals surface area contributed by atoms with Crippen molar-refractivity contribution in [3.8, 4) is 0 Å². The van der Waals surface area contributed by atoms with Gasteiger partial charge in [0.05, 0.1) is 5.69 Å². The molecular weight excluding hydrogens is 292 g/mol. The van der Waals surface area contributed by atoms with Gasteiger partial charge >= 0.3 is 0 Å². The van der Waals surface area contributed by atoms with Crippen molar-refractivity contribution in [1.29, 1.82) is 0 Å². The second-order valence-electron chi connectivity index (χ2n) is 8.14. The van der Waals surface area contributed by atoms with Gasteiger partial charge in [0.1, 0.15) is 0 Å². The predicted octanol–water partition coefficient (Wildman–Crippen LogP) is 1.55. The maximum Gasteiger partial charge on any atom is 0.255 e. The third-order valence-corrected chi connectivity index (χ3v) is 4.09. The van der Waals surface area contributed by atoms with Gasteiger partial charge < -0.3 is 10.0 Å². The van der Waals surface area contributed by atoms with E-state index in [2.05, 4.69) is 31.0 Å². The van der Waals surface area contributed by atoms with Gasteiger partial charge in [-0.2, -0.15) is 5.10 Å². The van der Waals surface area contributed by atoms with E-state index in [4.69, 9.17) is 0 Å². The first-order valence-corrected chi connectivity index (χ1v) is 8.30. The van der Waals surface area contributed by atoms with Crippen molar-refractivity contribution >= 4 is 5.91 Å². The molecule has 0 spiro atoms. The Kier molecular flexibility index (Phi) is 5.16. The molecule has 0 unspecified atom stereocenters. The molecule has 0 saturated carbocycles. The van der Waals surface area contributed by atoms with Crippen LogP contribution in [0.15, 0.2) is 6.07 Å². The summed E-state index contributed by atoms with van der Waals surface area (Å²) in [6, 6.07) is 1.98. The number of likely N-dealkylation sites (N-methyl/N-ethyl adjacent to an activating group) is 1. The molecule has 0 aromatic carbocycles. The van der Waals surface area contributed by atoms with Gasteiger partial charge in [0.25, 0.3) is 5.91 Å². The number of piperidine rings is 1. The molecule has 23 heavy (non-hydrogen) atoms. The summed E-state index contributed by atoms with van der Waals surface area (Å²) >= 11 is 0. The Balaban J connectivity index is 2.00. The van der Waals surface area contributed by atoms with Crippen LogP contribution in [0.5, 0.6) is 0 Å². The average molecular weight is 322 g/mol. The number of carbonyl (C=O) groups excluding carboxylic acids is 1. The van der Waals surface area contributed by atoms with Crippen molar-refractivity contribution in [2.75, 3.05) is 26.7 Å². The molecule has 1 atom stereocenters. The van der Waals surface area contributed by atoms with Crippen LogP contribution in [0.1, 0.15) is 45.0 Å². The molecule has 1 fully saturated rings. The number of aromatic nitrogens is 2. The molecule has 6 nitrogen and oxygen atoms in total. The number of nitrogens with zero attached hydrogens (tertiary/aromatic N) is 3. The van der Waals surface area contributed by atoms with Crippen LogP contribution in [0.25, 0.3) is 0 Å². The van der Waals surface area contributed by atoms with E-state index in [1.165, 1.54) is 0 Å². The van der Waals surface area contributed by atoms with Crippen LogP contribution in [0.4, 0.5) is 0 Å². The Hall–Kier alpha value is -1.40. The molecule has 0 aliphatic carbocycles. The number of hydrogen-bond acceptors (Lipinski definition) is 4. The van der Waals surface area contributed by atoms with Gasteiger partial charge in [0.2, 0.25) is 0 Å². The summed E-state index contributed by atoms with van der Waals surface area (Å²) in [7, 11) is 1.91. The number of nitrogens with one attached hydrogen (secondary N) is 1. The molecule has 130 valence electrons. The van der Waals surface area contributed by atoms with Crippen LogP contribution >= 0.6 is 0 Å². The summed E-state index contributed by atoms with van der Waals surface area (Å²) in [5.41, 5.74) is 0.677. The Morgan fingerprint density at radius 1 is 1.48 bits per heavy atom. The van der Waals surface area contributed by atoms with Crippen molar-refractivity contribution in [3.05, 3.63) is 17.5 Å². The predicted molar refractivity (Wildman–Crippen MR) is 89.9 cm³/mol. The molecule has 1 saturated heterocycles. The Labute approximate surface area is 138 Å². The zero-order valence-electron chi connectivity index (χ0n) is 15.0. The lowest BCUT2D eigenvalue weighted by atomic mass is 9.88. The highest BCUT2D eigenvalue weighted by Crippen LogP contribution is 2.27. The molecule has 6 heteroatoms. The lowest BCUT2D eigenvalue weighted by Gasteiger charge is -2.42. The highest BCUT2D eigenvalue weighted by Gasteiger charge is 2.43. The van der Waals surface area contributed by atoms with Crippen molar-refractivity contribution < 1.29 is 9.90 Å². The molecule has 1 aromatic heterocycles. The first kappa shape index (κ1) is 17.9. The number of hydrogen-bond donors (Lipinski definition) is 2. The zero-order chi connectivity index (χ0) is 17.3. The summed E-state index contributed by atoms with van der Waals surface area (Å²) in [6.07, 6.45) is 1.37. The molecular formula is C17H30N4O2. The fraction of sp³-hybridized carbons (Fsp3) is 0.765. The van der Waals surface area contributed by atoms with Crippen molar-refractivity contribution in [2.24, 2.45) is 5.41 Å². The van der Waals surface area contributed by atoms with Gasteiger partial charge in [-0.1, -0.05) is 20.8 Å². The molecule has 2 heterocycles. The number of aromatic amines is 1. The Morgan fingerprint density at radius 2 is 2.17 bits per heavy atom. The molecule has 0 radical (unpaired) electrons. The lowest BCUT2D eigenvalue weighted by Crippen LogP contribution is -2.59. The van der Waals surface area contributed by atoms with E-state index in [1.54, 1.807) is 0 Å². The third kappa shape index (κ3) is 4.78. The number of amides is 1. The molecule has 1 amide bonds. The van der Waals surface area contributed by atoms with Crippen LogP contribution in [0.2, 0.25) is 0 Å². The molecule has 1 aromatic rings. The van der Waals surface area contributed by atoms with Gasteiger partial charge in [0, 0.05) is 31.9 Å². The summed E-state index contributed by atoms with van der Waals surface area (Å²) in [5.74, 6) is -0.135. The van der Waals surface area contributed by atoms with Crippen LogP contribution in [-0.4, -0.2) is 63.3 Å². The standard InChI is InChI=1S/C17H30N4O2/c1-13-9-14(19-18-13)10-20(5)12-17(23)7-6-8-21(15(17)22)11-16(2,3)4/h9,23H,6-8,10-12H2,1-5H3,(H,18,19)/t17-/m1/s1. The maximum atomic E-state index is 12.7. The molecule has 0 bridgehead atoms. The number of aliphatic hydroxyl groups is 1. The highest BCUT2D eigenvalue weighted by atomic mass is 16.3. The fourth-order valence-corrected chi connectivity index (χ4v) is 3.27. The number of H-pyrrole nitrogens is 1. The third-order valence-electron chi connectivity index (χ3n) is 4.09. The quantitative estimate of drug-likeness (QED) is 0.863. The zero-order valence-corrected chi connectivity index (χ0v) is 15.0. The summed E-state index contributed by atoms with van der Waals surface area (Å²) in [4.78, 5) is 16.5. The normalized spacial score (nSPS) is 22.9. The number of rotatable bonds is 5. The van der Waals surface area contributed by atoms with Gasteiger partial charge in [0.15, 0.2) is 5.60 Å². The van der Waals surface area contributed by atoms with E-state index in [0.717, 1.165) is 24.4 Å². The van der Waals surface area contributed by atoms with Crippen molar-refractivity contribution in [2.45, 2.75) is 52.7 Å². The second kappa shape index (κ2) is 6.61. The Bertz CT molecular complexity index is 549. The highest BCUT2D eigenvalue weighted by molar-refractivity contribution is 5.86. The van der Waals surface area contributed by atoms with Crippen LogP contribution in [0.3, 0.4) is 0 Å². The molecule has 2 rings (SSSR count). The first-order valence-electron chi connectivity index (χ1n) is 8.30. The van der Waals surface area contributed by atoms with Gasteiger partial charge in [-0.25, -0.2) is 0 Å². The van der Waals surface area contributed by atoms with E-state index in [0.29, 0.717) is 26.1 Å². The minimum atomic E-state index is -1.29. The molecule has 2 N–H and O–H groups in total. The summed E-state index contributed by atoms with van der Waals surface area (Å²) in [5, 5.41) is 18.0. The van der Waals surface area contributed by atoms with E-state index in [9.17, 15) is 9.90 Å². The monoisotopic (exact) mass is 322 g/mol. The van der Waals surface area contributed by atoms with E-state index < -0.39 is 5.60 Å². The topological polar surface area (TPSA) is 72.5 Å². The van der Waals surface area contributed by atoms with E-state index in [-0.39, 0.29) is 11.3 Å². The Morgan fingerprint density at radius 3 is 2.74 bits per heavy atom. The largest absolute Gasteiger partial charge is 0.379 e. The van der Waals surface area contributed by atoms with Crippen LogP contribution in [0, 0.1) is 12.3 Å². The van der Waals surface area contributed by atoms with Crippen molar-refractivity contribution in [1.82, 2.24) is 20.0 Å². The summed E-state index contributed by atoms with van der Waals surface area (Å²) in [6.45, 7) is 10.6. The second-order valence-corrected chi connectivity index (χ2v) is 8.14. The van der Waals surface area contributed by atoms with Crippen molar-refractivity contribution in [3.63, 3.8) is 0 Å². The van der Waals surface area contributed by atoms with E-state index in [1.807, 2.05) is 29.8 Å². The molecule has 1 aliphatic rings. The summed E-state index contributed by atoms with van der Waals surface area (Å²) < 4.78 is 0. The first-order chi connectivity index (χ1) is 10.6. The van der Waals surface area contributed by atoms with Gasteiger partial charge in [-0.3, -0.25) is 14.8 Å². The smallest absolute Gasteiger partial charge is 0.255 e. The van der Waals surface area contributed by atoms with Crippen LogP contribution in [-0.2, 0) is 11.3 Å². The number of aryl methyl sites for hydroxylation is 1. The van der Waals surface area contributed by atoms with E-state index >= 15 is 0 Å². The SMILES string of the molecule is Cc1cc(CN(C)C[C@]2(O)CCCN(CC(C)(C)C)C2=O)n[nH]1. The van der Waals surface area contributed by atoms with Crippen LogP contribution < -0.4 is 0 Å². The minimum absolute atomic E-state index is 0.0341. The van der Waals surface area contributed by atoms with Gasteiger partial charge in [-0.05, 0) is 38.3 Å². The number of likely N-dealkylation sites (tertiary alicyclic amines) is 1. The number of carbonyl (C=O) groups is 1.